The topological polar surface area (TPSA) is 125 Å². The molecule has 4 aromatic rings. The summed E-state index contributed by atoms with van der Waals surface area (Å²) in [7, 11) is -1.48. The van der Waals surface area contributed by atoms with Crippen molar-refractivity contribution in [2.75, 3.05) is 51.1 Å². The molecule has 45 heavy (non-hydrogen) atoms. The van der Waals surface area contributed by atoms with E-state index in [1.54, 1.807) is 17.6 Å². The second-order valence-electron chi connectivity index (χ2n) is 12.7. The molecule has 0 aliphatic carbocycles. The Morgan fingerprint density at radius 3 is 2.51 bits per heavy atom. The summed E-state index contributed by atoms with van der Waals surface area (Å²) >= 11 is 0. The van der Waals surface area contributed by atoms with E-state index in [4.69, 9.17) is 24.3 Å². The van der Waals surface area contributed by atoms with Gasteiger partial charge in [-0.3, -0.25) is 0 Å². The van der Waals surface area contributed by atoms with E-state index >= 15 is 0 Å². The molecule has 3 aliphatic heterocycles. The van der Waals surface area contributed by atoms with Crippen LogP contribution in [-0.2, 0) is 14.8 Å². The SMILES string of the molecule is COc1c(O[C@H](C)c2c(C)cnnc2C)ccc2c1c(-c1ccc(N3CC4(C3)CN(S(C)(=O)=O)C4)nc1)nn2C1CCCCO1. The number of pyridine rings is 1. The lowest BCUT2D eigenvalue weighted by molar-refractivity contribution is -0.0365. The van der Waals surface area contributed by atoms with Gasteiger partial charge in [-0.2, -0.15) is 15.3 Å². The van der Waals surface area contributed by atoms with E-state index in [1.807, 2.05) is 55.9 Å². The number of anilines is 1. The molecule has 0 bridgehead atoms. The molecule has 3 fully saturated rings. The molecule has 1 aromatic carbocycles. The number of sulfonamides is 1. The highest BCUT2D eigenvalue weighted by Crippen LogP contribution is 2.45. The first-order chi connectivity index (χ1) is 21.6. The van der Waals surface area contributed by atoms with Crippen LogP contribution in [0.15, 0.2) is 36.7 Å². The highest BCUT2D eigenvalue weighted by molar-refractivity contribution is 7.88. The van der Waals surface area contributed by atoms with Gasteiger partial charge in [-0.15, -0.1) is 0 Å². The van der Waals surface area contributed by atoms with E-state index in [2.05, 4.69) is 15.1 Å². The normalized spacial score (nSPS) is 20.6. The Morgan fingerprint density at radius 1 is 1.07 bits per heavy atom. The van der Waals surface area contributed by atoms with Crippen molar-refractivity contribution < 1.29 is 22.6 Å². The number of methoxy groups -OCH3 is 1. The van der Waals surface area contributed by atoms with Crippen molar-refractivity contribution in [3.63, 3.8) is 0 Å². The number of fused-ring (bicyclic) bond motifs is 1. The average Bonchev–Trinajstić information content (AvgIpc) is 3.35. The van der Waals surface area contributed by atoms with Crippen LogP contribution in [0.4, 0.5) is 5.82 Å². The molecule has 0 amide bonds. The summed E-state index contributed by atoms with van der Waals surface area (Å²) in [6.45, 7) is 9.39. The van der Waals surface area contributed by atoms with Crippen LogP contribution in [0.5, 0.6) is 11.5 Å². The number of aromatic nitrogens is 5. The van der Waals surface area contributed by atoms with Gasteiger partial charge in [0, 0.05) is 55.5 Å². The molecule has 1 spiro atoms. The molecule has 0 radical (unpaired) electrons. The molecule has 1 unspecified atom stereocenters. The first-order valence-corrected chi connectivity index (χ1v) is 17.2. The van der Waals surface area contributed by atoms with E-state index in [0.717, 1.165) is 77.2 Å². The van der Waals surface area contributed by atoms with Gasteiger partial charge in [-0.1, -0.05) is 0 Å². The van der Waals surface area contributed by atoms with Gasteiger partial charge in [0.1, 0.15) is 17.6 Å². The van der Waals surface area contributed by atoms with Crippen LogP contribution in [-0.4, -0.2) is 83.8 Å². The van der Waals surface area contributed by atoms with Crippen LogP contribution < -0.4 is 14.4 Å². The van der Waals surface area contributed by atoms with Crippen molar-refractivity contribution in [2.24, 2.45) is 5.41 Å². The third-order valence-corrected chi connectivity index (χ3v) is 10.5. The molecule has 13 heteroatoms. The summed E-state index contributed by atoms with van der Waals surface area (Å²) in [6.07, 6.45) is 7.42. The molecular weight excluding hydrogens is 594 g/mol. The summed E-state index contributed by atoms with van der Waals surface area (Å²) in [5.74, 6) is 2.07. The molecule has 7 rings (SSSR count). The van der Waals surface area contributed by atoms with Gasteiger partial charge in [-0.05, 0) is 69.9 Å². The van der Waals surface area contributed by atoms with Crippen LogP contribution in [0.3, 0.4) is 0 Å². The smallest absolute Gasteiger partial charge is 0.211 e. The monoisotopic (exact) mass is 633 g/mol. The highest BCUT2D eigenvalue weighted by atomic mass is 32.2. The van der Waals surface area contributed by atoms with E-state index < -0.39 is 10.0 Å². The highest BCUT2D eigenvalue weighted by Gasteiger charge is 2.54. The van der Waals surface area contributed by atoms with Crippen molar-refractivity contribution in [1.82, 2.24) is 29.3 Å². The third kappa shape index (κ3) is 5.30. The maximum atomic E-state index is 11.8. The summed E-state index contributed by atoms with van der Waals surface area (Å²) in [4.78, 5) is 7.01. The Morgan fingerprint density at radius 2 is 1.87 bits per heavy atom. The largest absolute Gasteiger partial charge is 0.492 e. The maximum Gasteiger partial charge on any atom is 0.211 e. The summed E-state index contributed by atoms with van der Waals surface area (Å²) in [6, 6.07) is 8.01. The summed E-state index contributed by atoms with van der Waals surface area (Å²) in [5.41, 5.74) is 5.38. The first-order valence-electron chi connectivity index (χ1n) is 15.4. The standard InChI is InChI=1S/C32H39N7O5S/c1-20-14-34-35-21(2)28(20)22(3)44-25-11-10-24-29(31(25)42-4)30(36-39(24)27-8-6-7-13-43-27)23-9-12-26(33-15-23)37-16-32(17-37)18-38(19-32)45(5,40)41/h9-12,14-15,22,27H,6-8,13,16-19H2,1-5H3/t22-,27?/m1/s1. The minimum absolute atomic E-state index is 0.0305. The molecule has 3 saturated heterocycles. The predicted molar refractivity (Wildman–Crippen MR) is 170 cm³/mol. The molecule has 3 aromatic heterocycles. The number of nitrogens with zero attached hydrogens (tertiary/aromatic N) is 7. The Hall–Kier alpha value is -3.81. The van der Waals surface area contributed by atoms with Gasteiger partial charge in [-0.25, -0.2) is 22.4 Å². The van der Waals surface area contributed by atoms with E-state index in [1.165, 1.54) is 6.26 Å². The van der Waals surface area contributed by atoms with Gasteiger partial charge in [0.15, 0.2) is 17.7 Å². The molecule has 6 heterocycles. The van der Waals surface area contributed by atoms with Crippen molar-refractivity contribution in [3.05, 3.63) is 53.5 Å². The lowest BCUT2D eigenvalue weighted by Crippen LogP contribution is -2.73. The van der Waals surface area contributed by atoms with Gasteiger partial charge < -0.3 is 19.1 Å². The molecule has 238 valence electrons. The van der Waals surface area contributed by atoms with Crippen molar-refractivity contribution >= 4 is 26.7 Å². The van der Waals surface area contributed by atoms with E-state index in [-0.39, 0.29) is 17.7 Å². The number of hydrogen-bond donors (Lipinski definition) is 0. The zero-order valence-electron chi connectivity index (χ0n) is 26.4. The predicted octanol–water partition coefficient (Wildman–Crippen LogP) is 4.43. The van der Waals surface area contributed by atoms with E-state index in [0.29, 0.717) is 31.2 Å². The van der Waals surface area contributed by atoms with Gasteiger partial charge >= 0.3 is 0 Å². The lowest BCUT2D eigenvalue weighted by Gasteiger charge is -2.59. The number of aryl methyl sites for hydroxylation is 2. The zero-order chi connectivity index (χ0) is 31.5. The second-order valence-corrected chi connectivity index (χ2v) is 14.7. The number of rotatable bonds is 8. The molecule has 0 saturated carbocycles. The number of benzene rings is 1. The Balaban J connectivity index is 1.22. The van der Waals surface area contributed by atoms with Crippen LogP contribution in [0.2, 0.25) is 0 Å². The lowest BCUT2D eigenvalue weighted by atomic mass is 9.74. The van der Waals surface area contributed by atoms with Crippen LogP contribution in [0.25, 0.3) is 22.2 Å². The summed E-state index contributed by atoms with van der Waals surface area (Å²) < 4.78 is 46.0. The Kier molecular flexibility index (Phi) is 7.45. The van der Waals surface area contributed by atoms with Crippen molar-refractivity contribution in [3.8, 4) is 22.8 Å². The van der Waals surface area contributed by atoms with Crippen molar-refractivity contribution in [1.29, 1.82) is 0 Å². The Bertz CT molecular complexity index is 1820. The minimum atomic E-state index is -3.13. The van der Waals surface area contributed by atoms with E-state index in [9.17, 15) is 8.42 Å². The van der Waals surface area contributed by atoms with Gasteiger partial charge in [0.25, 0.3) is 0 Å². The molecule has 2 atom stereocenters. The minimum Gasteiger partial charge on any atom is -0.492 e. The fraction of sp³-hybridized carbons (Fsp3) is 0.500. The zero-order valence-corrected chi connectivity index (χ0v) is 27.2. The average molecular weight is 634 g/mol. The van der Waals surface area contributed by atoms with Crippen LogP contribution in [0, 0.1) is 19.3 Å². The van der Waals surface area contributed by atoms with Crippen molar-refractivity contribution in [2.45, 2.75) is 52.4 Å². The maximum absolute atomic E-state index is 11.8. The quantitative estimate of drug-likeness (QED) is 0.275. The number of ether oxygens (including phenoxy) is 3. The fourth-order valence-electron chi connectivity index (χ4n) is 7.07. The fourth-order valence-corrected chi connectivity index (χ4v) is 8.08. The molecule has 12 nitrogen and oxygen atoms in total. The first kappa shape index (κ1) is 29.9. The second kappa shape index (κ2) is 11.2. The number of hydrogen-bond acceptors (Lipinski definition) is 10. The van der Waals surface area contributed by atoms with Crippen LogP contribution >= 0.6 is 0 Å². The van der Waals surface area contributed by atoms with Gasteiger partial charge in [0.2, 0.25) is 10.0 Å². The molecule has 3 aliphatic rings. The summed E-state index contributed by atoms with van der Waals surface area (Å²) in [5, 5.41) is 14.2. The Labute approximate surface area is 263 Å². The van der Waals surface area contributed by atoms with Crippen LogP contribution in [0.1, 0.15) is 55.3 Å². The third-order valence-electron chi connectivity index (χ3n) is 9.30. The molecular formula is C32H39N7O5S. The van der Waals surface area contributed by atoms with Gasteiger partial charge in [0.05, 0.1) is 36.2 Å². The molecule has 0 N–H and O–H groups in total.